The summed E-state index contributed by atoms with van der Waals surface area (Å²) in [6.07, 6.45) is 4.94. The molecule has 0 amide bonds. The number of pyridine rings is 2. The molecule has 7 nitrogen and oxygen atoms in total. The Labute approximate surface area is 201 Å². The molecule has 5 rings (SSSR count). The molecule has 0 fully saturated rings. The van der Waals surface area contributed by atoms with Crippen LogP contribution in [0.5, 0.6) is 0 Å². The van der Waals surface area contributed by atoms with Crippen LogP contribution in [0.15, 0.2) is 108 Å². The highest BCUT2D eigenvalue weighted by Gasteiger charge is 2.15. The number of hydrogen-bond donors (Lipinski definition) is 3. The largest absolute Gasteiger partial charge is 0.355 e. The summed E-state index contributed by atoms with van der Waals surface area (Å²) >= 11 is 0. The molecule has 9 heteroatoms. The van der Waals surface area contributed by atoms with E-state index >= 15 is 0 Å². The molecular weight excluding hydrogens is 465 g/mol. The van der Waals surface area contributed by atoms with Gasteiger partial charge in [0, 0.05) is 52.4 Å². The number of rotatable bonds is 7. The maximum Gasteiger partial charge on any atom is 0.261 e. The van der Waals surface area contributed by atoms with E-state index in [4.69, 9.17) is 0 Å². The van der Waals surface area contributed by atoms with Gasteiger partial charge in [0.1, 0.15) is 5.82 Å². The molecule has 0 atom stereocenters. The molecule has 0 radical (unpaired) electrons. The lowest BCUT2D eigenvalue weighted by atomic mass is 10.1. The van der Waals surface area contributed by atoms with Crippen LogP contribution in [0.4, 0.5) is 32.8 Å². The molecule has 35 heavy (non-hydrogen) atoms. The summed E-state index contributed by atoms with van der Waals surface area (Å²) in [5.41, 5.74) is 3.93. The quantitative estimate of drug-likeness (QED) is 0.259. The van der Waals surface area contributed by atoms with Gasteiger partial charge in [0.2, 0.25) is 0 Å². The van der Waals surface area contributed by atoms with Crippen LogP contribution in [0, 0.1) is 5.82 Å². The van der Waals surface area contributed by atoms with Gasteiger partial charge < -0.3 is 10.6 Å². The number of aromatic nitrogens is 2. The maximum atomic E-state index is 13.7. The van der Waals surface area contributed by atoms with Crippen molar-refractivity contribution in [1.29, 1.82) is 0 Å². The molecule has 2 heterocycles. The van der Waals surface area contributed by atoms with Crippen molar-refractivity contribution in [3.8, 4) is 0 Å². The van der Waals surface area contributed by atoms with Gasteiger partial charge in [-0.25, -0.2) is 12.8 Å². The number of anilines is 5. The maximum absolute atomic E-state index is 13.7. The third-order valence-corrected chi connectivity index (χ3v) is 6.61. The first kappa shape index (κ1) is 22.3. The molecule has 3 N–H and O–H groups in total. The minimum atomic E-state index is -3.81. The Hall–Kier alpha value is -4.50. The molecule has 3 aromatic carbocycles. The van der Waals surface area contributed by atoms with Crippen LogP contribution < -0.4 is 15.4 Å². The summed E-state index contributed by atoms with van der Waals surface area (Å²) in [6.45, 7) is 0. The normalized spacial score (nSPS) is 11.2. The molecule has 0 saturated carbocycles. The van der Waals surface area contributed by atoms with E-state index in [0.717, 1.165) is 5.69 Å². The van der Waals surface area contributed by atoms with E-state index in [9.17, 15) is 12.8 Å². The fraction of sp³-hybridized carbons (Fsp3) is 0. The summed E-state index contributed by atoms with van der Waals surface area (Å²) in [5.74, 6) is -0.349. The van der Waals surface area contributed by atoms with Gasteiger partial charge >= 0.3 is 0 Å². The van der Waals surface area contributed by atoms with E-state index in [2.05, 4.69) is 25.3 Å². The van der Waals surface area contributed by atoms with Crippen LogP contribution in [0.3, 0.4) is 0 Å². The summed E-state index contributed by atoms with van der Waals surface area (Å²) in [6, 6.07) is 23.1. The zero-order valence-corrected chi connectivity index (χ0v) is 19.1. The van der Waals surface area contributed by atoms with Crippen molar-refractivity contribution in [1.82, 2.24) is 9.97 Å². The van der Waals surface area contributed by atoms with Crippen LogP contribution in [0.2, 0.25) is 0 Å². The molecule has 0 aliphatic rings. The predicted octanol–water partition coefficient (Wildman–Crippen LogP) is 6.06. The third kappa shape index (κ3) is 5.20. The van der Waals surface area contributed by atoms with Crippen molar-refractivity contribution in [2.75, 3.05) is 15.4 Å². The number of nitrogens with one attached hydrogen (secondary N) is 3. The molecule has 0 aliphatic carbocycles. The fourth-order valence-electron chi connectivity index (χ4n) is 3.56. The third-order valence-electron chi connectivity index (χ3n) is 5.23. The molecule has 0 bridgehead atoms. The molecule has 0 spiro atoms. The number of nitrogens with zero attached hydrogens (tertiary/aromatic N) is 2. The summed E-state index contributed by atoms with van der Waals surface area (Å²) in [7, 11) is -3.81. The molecule has 0 unspecified atom stereocenters. The number of fused-ring (bicyclic) bond motifs is 1. The fourth-order valence-corrected chi connectivity index (χ4v) is 4.67. The summed E-state index contributed by atoms with van der Waals surface area (Å²) < 4.78 is 42.2. The van der Waals surface area contributed by atoms with E-state index in [0.29, 0.717) is 33.7 Å². The smallest absolute Gasteiger partial charge is 0.261 e. The van der Waals surface area contributed by atoms with Crippen molar-refractivity contribution < 1.29 is 12.8 Å². The standard InChI is InChI=1S/C26H20FN5O2S/c27-18-4-9-25-24(16-18)26(12-15-29-25)31-19-5-7-21(8-6-19)32-35(33,34)23-3-1-2-22(17-23)30-20-10-13-28-14-11-20/h1-17,32H,(H,28,30)(H,29,31). The van der Waals surface area contributed by atoms with E-state index in [-0.39, 0.29) is 10.7 Å². The molecule has 5 aromatic rings. The van der Waals surface area contributed by atoms with Crippen LogP contribution in [0.25, 0.3) is 10.9 Å². The number of benzene rings is 3. The number of hydrogen-bond acceptors (Lipinski definition) is 6. The van der Waals surface area contributed by atoms with Crippen LogP contribution in [0.1, 0.15) is 0 Å². The lowest BCUT2D eigenvalue weighted by Crippen LogP contribution is -2.13. The number of halogens is 1. The Morgan fingerprint density at radius 3 is 2.23 bits per heavy atom. The SMILES string of the molecule is O=S(=O)(Nc1ccc(Nc2ccnc3ccc(F)cc23)cc1)c1cccc(Nc2ccncc2)c1. The minimum absolute atomic E-state index is 0.129. The van der Waals surface area contributed by atoms with Crippen molar-refractivity contribution in [2.45, 2.75) is 4.90 Å². The van der Waals surface area contributed by atoms with E-state index in [1.807, 2.05) is 0 Å². The van der Waals surface area contributed by atoms with Gasteiger partial charge in [-0.1, -0.05) is 6.07 Å². The van der Waals surface area contributed by atoms with Crippen molar-refractivity contribution in [3.05, 3.63) is 109 Å². The van der Waals surface area contributed by atoms with Gasteiger partial charge in [-0.15, -0.1) is 0 Å². The molecular formula is C26H20FN5O2S. The lowest BCUT2D eigenvalue weighted by Gasteiger charge is -2.12. The van der Waals surface area contributed by atoms with Crippen molar-refractivity contribution in [2.24, 2.45) is 0 Å². The highest BCUT2D eigenvalue weighted by Crippen LogP contribution is 2.27. The zero-order valence-electron chi connectivity index (χ0n) is 18.3. The van der Waals surface area contributed by atoms with E-state index in [1.54, 1.807) is 85.3 Å². The van der Waals surface area contributed by atoms with Gasteiger partial charge in [-0.05, 0) is 78.9 Å². The Balaban J connectivity index is 1.31. The second-order valence-electron chi connectivity index (χ2n) is 7.72. The second-order valence-corrected chi connectivity index (χ2v) is 9.40. The monoisotopic (exact) mass is 485 g/mol. The van der Waals surface area contributed by atoms with Crippen LogP contribution in [-0.4, -0.2) is 18.4 Å². The average molecular weight is 486 g/mol. The molecule has 174 valence electrons. The van der Waals surface area contributed by atoms with Gasteiger partial charge in [-0.3, -0.25) is 14.7 Å². The van der Waals surface area contributed by atoms with Crippen LogP contribution in [-0.2, 0) is 10.0 Å². The molecule has 0 saturated heterocycles. The second kappa shape index (κ2) is 9.40. The van der Waals surface area contributed by atoms with E-state index in [1.165, 1.54) is 18.2 Å². The minimum Gasteiger partial charge on any atom is -0.355 e. The topological polar surface area (TPSA) is 96.0 Å². The molecule has 2 aromatic heterocycles. The highest BCUT2D eigenvalue weighted by atomic mass is 32.2. The first-order valence-electron chi connectivity index (χ1n) is 10.7. The Kier molecular flexibility index (Phi) is 5.99. The van der Waals surface area contributed by atoms with E-state index < -0.39 is 10.0 Å². The first-order valence-corrected chi connectivity index (χ1v) is 12.2. The summed E-state index contributed by atoms with van der Waals surface area (Å²) in [5, 5.41) is 7.04. The Morgan fingerprint density at radius 1 is 0.686 bits per heavy atom. The summed E-state index contributed by atoms with van der Waals surface area (Å²) in [4.78, 5) is 8.34. The van der Waals surface area contributed by atoms with Gasteiger partial charge in [0.05, 0.1) is 10.4 Å². The van der Waals surface area contributed by atoms with Gasteiger partial charge in [0.15, 0.2) is 0 Å². The number of sulfonamides is 1. The van der Waals surface area contributed by atoms with Crippen molar-refractivity contribution in [3.63, 3.8) is 0 Å². The predicted molar refractivity (Wildman–Crippen MR) is 136 cm³/mol. The zero-order chi connectivity index (χ0) is 24.3. The average Bonchev–Trinajstić information content (AvgIpc) is 2.86. The Bertz CT molecular complexity index is 1590. The first-order chi connectivity index (χ1) is 17.0. The van der Waals surface area contributed by atoms with Crippen LogP contribution >= 0.6 is 0 Å². The highest BCUT2D eigenvalue weighted by molar-refractivity contribution is 7.92. The van der Waals surface area contributed by atoms with Gasteiger partial charge in [0.25, 0.3) is 10.0 Å². The molecule has 0 aliphatic heterocycles. The van der Waals surface area contributed by atoms with Gasteiger partial charge in [-0.2, -0.15) is 0 Å². The Morgan fingerprint density at radius 2 is 1.43 bits per heavy atom. The van der Waals surface area contributed by atoms with Crippen molar-refractivity contribution >= 4 is 49.4 Å². The lowest BCUT2D eigenvalue weighted by molar-refractivity contribution is 0.601.